The van der Waals surface area contributed by atoms with Gasteiger partial charge in [-0.25, -0.2) is 4.79 Å². The van der Waals surface area contributed by atoms with Crippen molar-refractivity contribution >= 4 is 16.9 Å². The van der Waals surface area contributed by atoms with E-state index in [4.69, 9.17) is 5.11 Å². The van der Waals surface area contributed by atoms with Crippen molar-refractivity contribution in [1.82, 2.24) is 10.3 Å². The van der Waals surface area contributed by atoms with E-state index in [0.29, 0.717) is 5.56 Å². The minimum atomic E-state index is -0.878. The molecule has 1 aromatic carbocycles. The number of carbonyl (C=O) groups is 1. The Morgan fingerprint density at radius 2 is 2.25 bits per heavy atom. The third-order valence-corrected chi connectivity index (χ3v) is 3.11. The number of para-hydroxylation sites is 1. The van der Waals surface area contributed by atoms with Crippen LogP contribution in [-0.4, -0.2) is 22.6 Å². The number of nitrogens with one attached hydrogen (secondary N) is 2. The maximum atomic E-state index is 11.1. The number of hydrogen-bond acceptors (Lipinski definition) is 2. The van der Waals surface area contributed by atoms with Gasteiger partial charge in [0.25, 0.3) is 0 Å². The van der Waals surface area contributed by atoms with Gasteiger partial charge in [-0.1, -0.05) is 12.1 Å². The Hall–Kier alpha value is -1.81. The Morgan fingerprint density at radius 1 is 1.38 bits per heavy atom. The van der Waals surface area contributed by atoms with Crippen molar-refractivity contribution in [2.75, 3.05) is 6.54 Å². The highest BCUT2D eigenvalue weighted by Gasteiger charge is 2.18. The fourth-order valence-electron chi connectivity index (χ4n) is 2.37. The molecule has 4 heteroatoms. The van der Waals surface area contributed by atoms with Gasteiger partial charge in [0.05, 0.1) is 11.1 Å². The van der Waals surface area contributed by atoms with Crippen LogP contribution >= 0.6 is 0 Å². The van der Waals surface area contributed by atoms with Gasteiger partial charge in [0.1, 0.15) is 0 Å². The number of carboxylic acids is 1. The first-order valence-electron chi connectivity index (χ1n) is 5.34. The van der Waals surface area contributed by atoms with Gasteiger partial charge in [0.2, 0.25) is 0 Å². The summed E-state index contributed by atoms with van der Waals surface area (Å²) in [5.41, 5.74) is 3.49. The number of aromatic nitrogens is 1. The Morgan fingerprint density at radius 3 is 3.06 bits per heavy atom. The van der Waals surface area contributed by atoms with E-state index >= 15 is 0 Å². The normalized spacial score (nSPS) is 15.0. The van der Waals surface area contributed by atoms with Crippen molar-refractivity contribution in [2.45, 2.75) is 13.0 Å². The number of hydrogen-bond donors (Lipinski definition) is 3. The van der Waals surface area contributed by atoms with Crippen LogP contribution in [0.3, 0.4) is 0 Å². The standard InChI is InChI=1S/C12H12N2O2/c15-12(16)9-3-1-2-8-7-4-5-13-6-10(7)14-11(8)9/h1-3,13-14H,4-6H2,(H,15,16). The van der Waals surface area contributed by atoms with Crippen molar-refractivity contribution in [3.05, 3.63) is 35.0 Å². The van der Waals surface area contributed by atoms with Crippen LogP contribution in [0.15, 0.2) is 18.2 Å². The van der Waals surface area contributed by atoms with E-state index in [1.807, 2.05) is 12.1 Å². The summed E-state index contributed by atoms with van der Waals surface area (Å²) in [6.45, 7) is 1.75. The first-order chi connectivity index (χ1) is 7.77. The van der Waals surface area contributed by atoms with Crippen LogP contribution in [0, 0.1) is 0 Å². The third-order valence-electron chi connectivity index (χ3n) is 3.11. The van der Waals surface area contributed by atoms with Crippen molar-refractivity contribution < 1.29 is 9.90 Å². The zero-order chi connectivity index (χ0) is 11.1. The lowest BCUT2D eigenvalue weighted by Crippen LogP contribution is -2.22. The molecule has 3 rings (SSSR count). The fourth-order valence-corrected chi connectivity index (χ4v) is 2.37. The molecule has 0 saturated carbocycles. The second kappa shape index (κ2) is 3.35. The molecule has 1 aliphatic rings. The lowest BCUT2D eigenvalue weighted by Gasteiger charge is -2.12. The quantitative estimate of drug-likeness (QED) is 0.677. The van der Waals surface area contributed by atoms with Crippen LogP contribution in [-0.2, 0) is 13.0 Å². The molecule has 0 radical (unpaired) electrons. The molecular weight excluding hydrogens is 204 g/mol. The number of H-pyrrole nitrogens is 1. The van der Waals surface area contributed by atoms with Crippen LogP contribution in [0.25, 0.3) is 10.9 Å². The first-order valence-corrected chi connectivity index (χ1v) is 5.34. The number of carboxylic acid groups (broad SMARTS) is 1. The molecule has 1 aromatic heterocycles. The molecule has 4 nitrogen and oxygen atoms in total. The second-order valence-corrected chi connectivity index (χ2v) is 4.04. The molecular formula is C12H12N2O2. The van der Waals surface area contributed by atoms with Crippen LogP contribution in [0.5, 0.6) is 0 Å². The highest BCUT2D eigenvalue weighted by molar-refractivity contribution is 6.03. The monoisotopic (exact) mass is 216 g/mol. The predicted molar refractivity (Wildman–Crippen MR) is 60.7 cm³/mol. The van der Waals surface area contributed by atoms with Gasteiger partial charge in [-0.3, -0.25) is 0 Å². The summed E-state index contributed by atoms with van der Waals surface area (Å²) in [6.07, 6.45) is 0.957. The molecule has 2 aromatic rings. The summed E-state index contributed by atoms with van der Waals surface area (Å²) in [5, 5.41) is 13.4. The molecule has 0 saturated heterocycles. The van der Waals surface area contributed by atoms with Crippen LogP contribution in [0.4, 0.5) is 0 Å². The minimum absolute atomic E-state index is 0.354. The van der Waals surface area contributed by atoms with Crippen molar-refractivity contribution in [1.29, 1.82) is 0 Å². The molecule has 0 aliphatic carbocycles. The fraction of sp³-hybridized carbons (Fsp3) is 0.250. The molecule has 82 valence electrons. The van der Waals surface area contributed by atoms with E-state index in [2.05, 4.69) is 10.3 Å². The molecule has 0 bridgehead atoms. The van der Waals surface area contributed by atoms with E-state index < -0.39 is 5.97 Å². The summed E-state index contributed by atoms with van der Waals surface area (Å²) >= 11 is 0. The van der Waals surface area contributed by atoms with Gasteiger partial charge in [-0.05, 0) is 24.6 Å². The maximum absolute atomic E-state index is 11.1. The Kier molecular flexibility index (Phi) is 1.97. The maximum Gasteiger partial charge on any atom is 0.337 e. The largest absolute Gasteiger partial charge is 0.478 e. The van der Waals surface area contributed by atoms with Crippen LogP contribution < -0.4 is 5.32 Å². The highest BCUT2D eigenvalue weighted by Crippen LogP contribution is 2.27. The molecule has 3 N–H and O–H groups in total. The highest BCUT2D eigenvalue weighted by atomic mass is 16.4. The topological polar surface area (TPSA) is 65.1 Å². The molecule has 0 amide bonds. The van der Waals surface area contributed by atoms with E-state index in [-0.39, 0.29) is 0 Å². The van der Waals surface area contributed by atoms with E-state index in [1.165, 1.54) is 5.56 Å². The third kappa shape index (κ3) is 1.23. The van der Waals surface area contributed by atoms with Gasteiger partial charge < -0.3 is 15.4 Å². The van der Waals surface area contributed by atoms with E-state index in [1.54, 1.807) is 6.07 Å². The summed E-state index contributed by atoms with van der Waals surface area (Å²) in [6, 6.07) is 5.43. The lowest BCUT2D eigenvalue weighted by molar-refractivity contribution is 0.0699. The minimum Gasteiger partial charge on any atom is -0.478 e. The molecule has 16 heavy (non-hydrogen) atoms. The Bertz CT molecular complexity index is 572. The van der Waals surface area contributed by atoms with Gasteiger partial charge in [-0.2, -0.15) is 0 Å². The summed E-state index contributed by atoms with van der Waals surface area (Å²) in [7, 11) is 0. The zero-order valence-electron chi connectivity index (χ0n) is 8.71. The molecule has 0 spiro atoms. The van der Waals surface area contributed by atoms with Crippen molar-refractivity contribution in [3.63, 3.8) is 0 Å². The average molecular weight is 216 g/mol. The summed E-state index contributed by atoms with van der Waals surface area (Å²) in [5.74, 6) is -0.878. The number of fused-ring (bicyclic) bond motifs is 3. The van der Waals surface area contributed by atoms with Gasteiger partial charge in [-0.15, -0.1) is 0 Å². The van der Waals surface area contributed by atoms with E-state index in [9.17, 15) is 4.79 Å². The van der Waals surface area contributed by atoms with Crippen LogP contribution in [0.1, 0.15) is 21.6 Å². The van der Waals surface area contributed by atoms with Crippen molar-refractivity contribution in [3.8, 4) is 0 Å². The average Bonchev–Trinajstić information content (AvgIpc) is 2.67. The number of rotatable bonds is 1. The number of aromatic amines is 1. The van der Waals surface area contributed by atoms with Gasteiger partial charge >= 0.3 is 5.97 Å². The van der Waals surface area contributed by atoms with Gasteiger partial charge in [0.15, 0.2) is 0 Å². The number of aromatic carboxylic acids is 1. The zero-order valence-corrected chi connectivity index (χ0v) is 8.71. The molecule has 0 unspecified atom stereocenters. The molecule has 1 aliphatic heterocycles. The smallest absolute Gasteiger partial charge is 0.337 e. The number of benzene rings is 1. The second-order valence-electron chi connectivity index (χ2n) is 4.04. The Labute approximate surface area is 92.3 Å². The first kappa shape index (κ1) is 9.42. The van der Waals surface area contributed by atoms with Gasteiger partial charge in [0, 0.05) is 17.6 Å². The SMILES string of the molecule is O=C(O)c1cccc2c3c([nH]c12)CNCC3. The summed E-state index contributed by atoms with van der Waals surface area (Å²) < 4.78 is 0. The Balaban J connectivity index is 2.33. The molecule has 0 fully saturated rings. The molecule has 0 atom stereocenters. The van der Waals surface area contributed by atoms with Crippen molar-refractivity contribution in [2.24, 2.45) is 0 Å². The lowest BCUT2D eigenvalue weighted by atomic mass is 10.0. The predicted octanol–water partition coefficient (Wildman–Crippen LogP) is 1.51. The van der Waals surface area contributed by atoms with Crippen LogP contribution in [0.2, 0.25) is 0 Å². The molecule has 2 heterocycles. The summed E-state index contributed by atoms with van der Waals surface area (Å²) in [4.78, 5) is 14.3. The van der Waals surface area contributed by atoms with E-state index in [0.717, 1.165) is 36.1 Å².